The van der Waals surface area contributed by atoms with E-state index in [1.54, 1.807) is 0 Å². The minimum Gasteiger partial charge on any atom is -0.324 e. The first-order chi connectivity index (χ1) is 20.5. The highest BCUT2D eigenvalue weighted by molar-refractivity contribution is 6.17. The maximum atomic E-state index is 5.13. The number of aliphatic imine (C=N–C) groups is 2. The summed E-state index contributed by atoms with van der Waals surface area (Å²) in [4.78, 5) is 10.1. The van der Waals surface area contributed by atoms with Crippen molar-refractivity contribution in [2.24, 2.45) is 9.98 Å². The van der Waals surface area contributed by atoms with E-state index in [0.29, 0.717) is 0 Å². The quantitative estimate of drug-likeness (QED) is 0.271. The number of allylic oxidation sites excluding steroid dienone is 5. The summed E-state index contributed by atoms with van der Waals surface area (Å²) in [5.74, 6) is 1.57. The van der Waals surface area contributed by atoms with Crippen molar-refractivity contribution in [2.45, 2.75) is 38.8 Å². The topological polar surface area (TPSA) is 41.7 Å². The van der Waals surface area contributed by atoms with Crippen molar-refractivity contribution < 1.29 is 0 Å². The number of nitrogens with one attached hydrogen (secondary N) is 1. The first kappa shape index (κ1) is 26.0. The van der Waals surface area contributed by atoms with Crippen molar-refractivity contribution in [2.75, 3.05) is 0 Å². The van der Waals surface area contributed by atoms with E-state index in [9.17, 15) is 0 Å². The number of para-hydroxylation sites is 1. The summed E-state index contributed by atoms with van der Waals surface area (Å²) in [5, 5.41) is 7.44. The van der Waals surface area contributed by atoms with Gasteiger partial charge in [0.2, 0.25) is 0 Å². The van der Waals surface area contributed by atoms with Gasteiger partial charge in [-0.25, -0.2) is 9.98 Å². The van der Waals surface area contributed by atoms with Crippen LogP contribution < -0.4 is 15.9 Å². The lowest BCUT2D eigenvalue weighted by atomic mass is 9.74. The molecule has 4 nitrogen and oxygen atoms in total. The predicted octanol–water partition coefficient (Wildman–Crippen LogP) is 6.93. The Bertz CT molecular complexity index is 2030. The van der Waals surface area contributed by atoms with E-state index in [2.05, 4.69) is 103 Å². The van der Waals surface area contributed by atoms with Crippen molar-refractivity contribution in [3.8, 4) is 5.69 Å². The van der Waals surface area contributed by atoms with Crippen LogP contribution in [0.4, 0.5) is 0 Å². The third kappa shape index (κ3) is 4.06. The molecular weight excluding hydrogens is 512 g/mol. The minimum absolute atomic E-state index is 0.198. The first-order valence-electron chi connectivity index (χ1n) is 14.6. The lowest BCUT2D eigenvalue weighted by Gasteiger charge is -2.35. The Morgan fingerprint density at radius 3 is 2.69 bits per heavy atom. The van der Waals surface area contributed by atoms with E-state index in [-0.39, 0.29) is 11.6 Å². The molecule has 0 spiro atoms. The zero-order valence-corrected chi connectivity index (χ0v) is 24.3. The fraction of sp³-hybridized carbons (Fsp3) is 0.158. The van der Waals surface area contributed by atoms with Crippen molar-refractivity contribution in [3.63, 3.8) is 0 Å². The van der Waals surface area contributed by atoms with E-state index in [1.165, 1.54) is 38.3 Å². The fourth-order valence-corrected chi connectivity index (χ4v) is 6.42. The molecule has 3 heterocycles. The molecule has 1 unspecified atom stereocenters. The molecule has 7 rings (SSSR count). The van der Waals surface area contributed by atoms with Crippen LogP contribution in [0, 0.1) is 0 Å². The van der Waals surface area contributed by atoms with Gasteiger partial charge in [-0.2, -0.15) is 0 Å². The van der Waals surface area contributed by atoms with Gasteiger partial charge in [0.25, 0.3) is 0 Å². The number of hydrogen-bond acceptors (Lipinski definition) is 3. The summed E-state index contributed by atoms with van der Waals surface area (Å²) in [6, 6.07) is 23.8. The molecule has 206 valence electrons. The Hall–Kier alpha value is -4.96. The summed E-state index contributed by atoms with van der Waals surface area (Å²) in [5.41, 5.74) is 7.96. The number of fused-ring (bicyclic) bond motifs is 5. The van der Waals surface area contributed by atoms with E-state index < -0.39 is 0 Å². The third-order valence-electron chi connectivity index (χ3n) is 8.57. The smallest absolute Gasteiger partial charge is 0.169 e. The Balaban J connectivity index is 1.42. The Morgan fingerprint density at radius 2 is 1.88 bits per heavy atom. The molecule has 2 aliphatic heterocycles. The molecule has 42 heavy (non-hydrogen) atoms. The van der Waals surface area contributed by atoms with Crippen molar-refractivity contribution in [1.29, 1.82) is 0 Å². The SMILES string of the molecule is C=C/C(=C\C=C/C)C1=NC(c2ccccc2)N=C(c2ccc3c(c2)C(C)(C)c2cccc4c5c(n-3c24)=CC=CCC=5)N1. The Labute approximate surface area is 246 Å². The van der Waals surface area contributed by atoms with Crippen LogP contribution in [0.2, 0.25) is 0 Å². The summed E-state index contributed by atoms with van der Waals surface area (Å²) in [6.45, 7) is 10.7. The van der Waals surface area contributed by atoms with Crippen LogP contribution in [0.15, 0.2) is 125 Å². The molecule has 0 radical (unpaired) electrons. The lowest BCUT2D eigenvalue weighted by Crippen LogP contribution is -2.37. The average Bonchev–Trinajstić information content (AvgIpc) is 3.15. The molecule has 0 saturated carbocycles. The fourth-order valence-electron chi connectivity index (χ4n) is 6.42. The minimum atomic E-state index is -0.354. The first-order valence-corrected chi connectivity index (χ1v) is 14.6. The molecule has 0 saturated heterocycles. The summed E-state index contributed by atoms with van der Waals surface area (Å²) in [6.07, 6.45) is 17.5. The lowest BCUT2D eigenvalue weighted by molar-refractivity contribution is 0.627. The average molecular weight is 547 g/mol. The maximum Gasteiger partial charge on any atom is 0.169 e. The maximum absolute atomic E-state index is 5.13. The number of hydrogen-bond donors (Lipinski definition) is 1. The second-order valence-corrected chi connectivity index (χ2v) is 11.4. The summed E-state index contributed by atoms with van der Waals surface area (Å²) in [7, 11) is 0. The van der Waals surface area contributed by atoms with Gasteiger partial charge in [-0.15, -0.1) is 0 Å². The normalized spacial score (nSPS) is 18.6. The van der Waals surface area contributed by atoms with Crippen molar-refractivity contribution in [1.82, 2.24) is 9.88 Å². The number of aromatic nitrogens is 1. The molecule has 1 N–H and O–H groups in total. The van der Waals surface area contributed by atoms with Crippen LogP contribution in [0.5, 0.6) is 0 Å². The van der Waals surface area contributed by atoms with Gasteiger partial charge in [0.05, 0.1) is 16.6 Å². The molecule has 0 bridgehead atoms. The van der Waals surface area contributed by atoms with Gasteiger partial charge in [0.15, 0.2) is 6.17 Å². The molecule has 1 aliphatic carbocycles. The van der Waals surface area contributed by atoms with Gasteiger partial charge in [-0.3, -0.25) is 0 Å². The van der Waals surface area contributed by atoms with E-state index >= 15 is 0 Å². The Morgan fingerprint density at radius 1 is 1.02 bits per heavy atom. The van der Waals surface area contributed by atoms with Crippen LogP contribution in [0.3, 0.4) is 0 Å². The second kappa shape index (κ2) is 10.1. The molecule has 1 atom stereocenters. The molecule has 1 aromatic heterocycles. The highest BCUT2D eigenvalue weighted by Crippen LogP contribution is 2.43. The van der Waals surface area contributed by atoms with Crippen LogP contribution in [0.1, 0.15) is 55.6 Å². The second-order valence-electron chi connectivity index (χ2n) is 11.4. The van der Waals surface area contributed by atoms with Crippen LogP contribution in [-0.4, -0.2) is 16.2 Å². The number of nitrogens with zero attached hydrogens (tertiary/aromatic N) is 3. The Kier molecular flexibility index (Phi) is 6.27. The highest BCUT2D eigenvalue weighted by atomic mass is 15.2. The molecular formula is C38H34N4. The highest BCUT2D eigenvalue weighted by Gasteiger charge is 2.35. The molecule has 0 fully saturated rings. The number of amidine groups is 2. The summed E-state index contributed by atoms with van der Waals surface area (Å²) < 4.78 is 2.46. The van der Waals surface area contributed by atoms with Crippen LogP contribution in [-0.2, 0) is 5.41 Å². The largest absolute Gasteiger partial charge is 0.324 e. The van der Waals surface area contributed by atoms with Gasteiger partial charge in [-0.05, 0) is 54.3 Å². The standard InChI is InChI=1S/C38H34N4/c1-5-7-15-25(6-2)35-39-36(26-16-10-8-11-17-26)41-37(40-35)27-22-23-33-31(24-27)38(3,4)30-20-14-19-29-28-18-12-9-13-21-32(28)42(33)34(29)30/h5-11,13-24,36H,2,12H2,1,3-4H3,(H,39,40,41)/b7-5-,25-15+. The van der Waals surface area contributed by atoms with Gasteiger partial charge < -0.3 is 9.88 Å². The molecule has 4 heteroatoms. The number of benzene rings is 3. The molecule has 3 aromatic carbocycles. The van der Waals surface area contributed by atoms with Gasteiger partial charge in [-0.1, -0.05) is 111 Å². The van der Waals surface area contributed by atoms with Gasteiger partial charge in [0.1, 0.15) is 11.7 Å². The van der Waals surface area contributed by atoms with Gasteiger partial charge in [0, 0.05) is 27.2 Å². The van der Waals surface area contributed by atoms with E-state index in [0.717, 1.165) is 34.8 Å². The van der Waals surface area contributed by atoms with Crippen LogP contribution in [0.25, 0.3) is 28.7 Å². The van der Waals surface area contributed by atoms with Crippen LogP contribution >= 0.6 is 0 Å². The van der Waals surface area contributed by atoms with E-state index in [1.807, 2.05) is 49.4 Å². The molecule has 4 aromatic rings. The number of rotatable bonds is 5. The van der Waals surface area contributed by atoms with Gasteiger partial charge >= 0.3 is 0 Å². The monoisotopic (exact) mass is 546 g/mol. The van der Waals surface area contributed by atoms with Crippen molar-refractivity contribution >= 4 is 34.7 Å². The summed E-state index contributed by atoms with van der Waals surface area (Å²) >= 11 is 0. The van der Waals surface area contributed by atoms with E-state index in [4.69, 9.17) is 9.98 Å². The van der Waals surface area contributed by atoms with Crippen molar-refractivity contribution in [3.05, 3.63) is 148 Å². The zero-order valence-electron chi connectivity index (χ0n) is 24.3. The third-order valence-corrected chi connectivity index (χ3v) is 8.57. The molecule has 3 aliphatic rings. The predicted molar refractivity (Wildman–Crippen MR) is 177 cm³/mol. The zero-order chi connectivity index (χ0) is 28.8. The molecule has 0 amide bonds.